The normalized spacial score (nSPS) is 12.5. The van der Waals surface area contributed by atoms with Crippen molar-refractivity contribution in [2.75, 3.05) is 5.32 Å². The van der Waals surface area contributed by atoms with Crippen molar-refractivity contribution in [2.45, 2.75) is 19.3 Å². The standard InChI is InChI=1S/C21H18F2N4OS/c1-11(18-15(22)5-3-6-16(18)23)25-21-26-17-7-2-4-12-10-13(20(24)27-28)8-9-14(12)19(17)29-21/h3,5-6,8-10,28H,1-2,4,7H2,(H2,24,27)(H,25,26). The first-order chi connectivity index (χ1) is 14.0. The molecule has 2 aromatic carbocycles. The highest BCUT2D eigenvalue weighted by Crippen LogP contribution is 2.40. The summed E-state index contributed by atoms with van der Waals surface area (Å²) in [6.45, 7) is 3.77. The molecule has 0 spiro atoms. The Morgan fingerprint density at radius 3 is 2.66 bits per heavy atom. The van der Waals surface area contributed by atoms with E-state index in [9.17, 15) is 8.78 Å². The second-order valence-electron chi connectivity index (χ2n) is 6.71. The molecule has 1 heterocycles. The van der Waals surface area contributed by atoms with Crippen molar-refractivity contribution < 1.29 is 14.0 Å². The quantitative estimate of drug-likeness (QED) is 0.277. The molecule has 0 aliphatic heterocycles. The SMILES string of the molecule is C=C(Nc1nc2c(s1)-c1ccc(C(=N)NO)cc1CCC2)c1c(F)cccc1F. The number of aryl methyl sites for hydroxylation is 2. The summed E-state index contributed by atoms with van der Waals surface area (Å²) in [5.74, 6) is -1.43. The van der Waals surface area contributed by atoms with Crippen molar-refractivity contribution in [3.8, 4) is 10.4 Å². The first-order valence-corrected chi connectivity index (χ1v) is 9.82. The van der Waals surface area contributed by atoms with Gasteiger partial charge in [0.15, 0.2) is 5.13 Å². The Balaban J connectivity index is 1.67. The fraction of sp³-hybridized carbons (Fsp3) is 0.143. The third-order valence-electron chi connectivity index (χ3n) is 4.83. The number of aromatic nitrogens is 1. The number of hydrogen-bond acceptors (Lipinski definition) is 5. The molecule has 4 N–H and O–H groups in total. The van der Waals surface area contributed by atoms with Crippen molar-refractivity contribution in [2.24, 2.45) is 0 Å². The molecule has 1 aliphatic rings. The molecule has 1 aliphatic carbocycles. The van der Waals surface area contributed by atoms with E-state index in [0.29, 0.717) is 10.7 Å². The van der Waals surface area contributed by atoms with Gasteiger partial charge in [0, 0.05) is 11.3 Å². The van der Waals surface area contributed by atoms with E-state index in [1.807, 2.05) is 17.6 Å². The van der Waals surface area contributed by atoms with Crippen molar-refractivity contribution in [3.05, 3.63) is 77.0 Å². The molecule has 0 radical (unpaired) electrons. The molecule has 1 aromatic heterocycles. The van der Waals surface area contributed by atoms with E-state index in [1.165, 1.54) is 29.5 Å². The highest BCUT2D eigenvalue weighted by Gasteiger charge is 2.21. The summed E-state index contributed by atoms with van der Waals surface area (Å²) >= 11 is 1.40. The highest BCUT2D eigenvalue weighted by molar-refractivity contribution is 7.19. The number of hydroxylamine groups is 1. The van der Waals surface area contributed by atoms with Crippen LogP contribution in [0.1, 0.15) is 28.8 Å². The summed E-state index contributed by atoms with van der Waals surface area (Å²) in [6, 6.07) is 9.25. The van der Waals surface area contributed by atoms with E-state index >= 15 is 0 Å². The van der Waals surface area contributed by atoms with Crippen molar-refractivity contribution in [1.29, 1.82) is 5.41 Å². The van der Waals surface area contributed by atoms with E-state index in [-0.39, 0.29) is 17.1 Å². The maximum Gasteiger partial charge on any atom is 0.187 e. The molecule has 4 rings (SSSR count). The number of rotatable bonds is 4. The van der Waals surface area contributed by atoms with Crippen LogP contribution < -0.4 is 10.8 Å². The van der Waals surface area contributed by atoms with Gasteiger partial charge in [-0.1, -0.05) is 36.1 Å². The summed E-state index contributed by atoms with van der Waals surface area (Å²) in [5.41, 5.74) is 5.38. The number of fused-ring (bicyclic) bond motifs is 3. The van der Waals surface area contributed by atoms with E-state index in [2.05, 4.69) is 16.9 Å². The van der Waals surface area contributed by atoms with Crippen LogP contribution in [0.5, 0.6) is 0 Å². The number of amidine groups is 1. The van der Waals surface area contributed by atoms with Crippen molar-refractivity contribution in [1.82, 2.24) is 10.5 Å². The lowest BCUT2D eigenvalue weighted by Gasteiger charge is -2.10. The average molecular weight is 412 g/mol. The van der Waals surface area contributed by atoms with Gasteiger partial charge in [-0.2, -0.15) is 0 Å². The van der Waals surface area contributed by atoms with E-state index in [1.54, 1.807) is 6.07 Å². The van der Waals surface area contributed by atoms with Gasteiger partial charge in [0.1, 0.15) is 17.5 Å². The summed E-state index contributed by atoms with van der Waals surface area (Å²) in [5, 5.41) is 20.2. The van der Waals surface area contributed by atoms with Crippen LogP contribution in [0, 0.1) is 17.0 Å². The molecule has 5 nitrogen and oxygen atoms in total. The number of halogens is 2. The predicted molar refractivity (Wildman–Crippen MR) is 110 cm³/mol. The molecule has 0 fully saturated rings. The molecule has 0 saturated heterocycles. The number of benzene rings is 2. The van der Waals surface area contributed by atoms with Crippen LogP contribution in [-0.2, 0) is 12.8 Å². The second kappa shape index (κ2) is 7.73. The van der Waals surface area contributed by atoms with Crippen LogP contribution in [0.4, 0.5) is 13.9 Å². The first kappa shape index (κ1) is 19.2. The number of nitrogens with zero attached hydrogens (tertiary/aromatic N) is 1. The first-order valence-electron chi connectivity index (χ1n) is 9.00. The number of anilines is 1. The van der Waals surface area contributed by atoms with Crippen LogP contribution in [0.3, 0.4) is 0 Å². The molecule has 0 amide bonds. The third kappa shape index (κ3) is 3.64. The fourth-order valence-electron chi connectivity index (χ4n) is 3.45. The van der Waals surface area contributed by atoms with Gasteiger partial charge in [-0.15, -0.1) is 0 Å². The van der Waals surface area contributed by atoms with Crippen LogP contribution in [0.15, 0.2) is 43.0 Å². The van der Waals surface area contributed by atoms with Gasteiger partial charge in [0.25, 0.3) is 0 Å². The van der Waals surface area contributed by atoms with Gasteiger partial charge in [-0.05, 0) is 48.6 Å². The summed E-state index contributed by atoms with van der Waals surface area (Å²) < 4.78 is 28.0. The minimum atomic E-state index is -0.682. The fourth-order valence-corrected chi connectivity index (χ4v) is 4.55. The Hall–Kier alpha value is -3.10. The lowest BCUT2D eigenvalue weighted by atomic mass is 10.0. The number of nitrogens with one attached hydrogen (secondary N) is 3. The molecule has 0 unspecified atom stereocenters. The summed E-state index contributed by atoms with van der Waals surface area (Å²) in [6.07, 6.45) is 2.49. The molecule has 0 atom stereocenters. The number of thiazole rings is 1. The Morgan fingerprint density at radius 2 is 1.93 bits per heavy atom. The van der Waals surface area contributed by atoms with Gasteiger partial charge >= 0.3 is 0 Å². The summed E-state index contributed by atoms with van der Waals surface area (Å²) in [4.78, 5) is 5.60. The number of hydrogen-bond donors (Lipinski definition) is 4. The largest absolute Gasteiger partial charge is 0.331 e. The zero-order chi connectivity index (χ0) is 20.5. The smallest absolute Gasteiger partial charge is 0.187 e. The van der Waals surface area contributed by atoms with Gasteiger partial charge in [-0.3, -0.25) is 16.1 Å². The van der Waals surface area contributed by atoms with Crippen LogP contribution in [0.2, 0.25) is 0 Å². The average Bonchev–Trinajstić information content (AvgIpc) is 3.01. The Kier molecular flexibility index (Phi) is 5.12. The zero-order valence-electron chi connectivity index (χ0n) is 15.4. The monoisotopic (exact) mass is 412 g/mol. The third-order valence-corrected chi connectivity index (χ3v) is 5.88. The molecule has 3 aromatic rings. The molecular weight excluding hydrogens is 394 g/mol. The minimum absolute atomic E-state index is 0.0628. The van der Waals surface area contributed by atoms with E-state index < -0.39 is 11.6 Å². The topological polar surface area (TPSA) is 81.0 Å². The molecule has 8 heteroatoms. The van der Waals surface area contributed by atoms with Crippen LogP contribution in [-0.4, -0.2) is 16.0 Å². The zero-order valence-corrected chi connectivity index (χ0v) is 16.2. The van der Waals surface area contributed by atoms with Gasteiger partial charge < -0.3 is 5.32 Å². The van der Waals surface area contributed by atoms with Gasteiger partial charge in [0.2, 0.25) is 0 Å². The molecule has 148 valence electrons. The van der Waals surface area contributed by atoms with Crippen molar-refractivity contribution in [3.63, 3.8) is 0 Å². The lowest BCUT2D eigenvalue weighted by molar-refractivity contribution is 0.234. The maximum absolute atomic E-state index is 14.0. The Bertz CT molecular complexity index is 1110. The van der Waals surface area contributed by atoms with Gasteiger partial charge in [0.05, 0.1) is 16.1 Å². The molecule has 29 heavy (non-hydrogen) atoms. The maximum atomic E-state index is 14.0. The predicted octanol–water partition coefficient (Wildman–Crippen LogP) is 4.96. The van der Waals surface area contributed by atoms with Gasteiger partial charge in [-0.25, -0.2) is 13.8 Å². The van der Waals surface area contributed by atoms with Crippen LogP contribution >= 0.6 is 11.3 Å². The summed E-state index contributed by atoms with van der Waals surface area (Å²) in [7, 11) is 0. The highest BCUT2D eigenvalue weighted by atomic mass is 32.1. The molecule has 0 bridgehead atoms. The lowest BCUT2D eigenvalue weighted by Crippen LogP contribution is -2.18. The molecule has 0 saturated carbocycles. The van der Waals surface area contributed by atoms with E-state index in [0.717, 1.165) is 41.0 Å². The Labute approximate surface area is 170 Å². The minimum Gasteiger partial charge on any atom is -0.331 e. The van der Waals surface area contributed by atoms with Crippen molar-refractivity contribution >= 4 is 28.0 Å². The van der Waals surface area contributed by atoms with E-state index in [4.69, 9.17) is 10.6 Å². The second-order valence-corrected chi connectivity index (χ2v) is 7.71. The molecular formula is C21H18F2N4OS. The Morgan fingerprint density at radius 1 is 1.17 bits per heavy atom. The van der Waals surface area contributed by atoms with Crippen LogP contribution in [0.25, 0.3) is 16.1 Å².